The summed E-state index contributed by atoms with van der Waals surface area (Å²) in [6, 6.07) is 7.36. The molecule has 1 heterocycles. The molecule has 4 heteroatoms. The Kier molecular flexibility index (Phi) is 2.41. The van der Waals surface area contributed by atoms with Gasteiger partial charge >= 0.3 is 0 Å². The highest BCUT2D eigenvalue weighted by Crippen LogP contribution is 2.40. The zero-order chi connectivity index (χ0) is 9.42. The first kappa shape index (κ1) is 9.20. The van der Waals surface area contributed by atoms with Crippen molar-refractivity contribution < 1.29 is 4.74 Å². The Morgan fingerprint density at radius 3 is 2.62 bits per heavy atom. The summed E-state index contributed by atoms with van der Waals surface area (Å²) in [6.45, 7) is 0. The molecule has 0 aromatic heterocycles. The van der Waals surface area contributed by atoms with Gasteiger partial charge in [0.1, 0.15) is 5.75 Å². The Labute approximate surface area is 90.9 Å². The maximum Gasteiger partial charge on any atom is 0.209 e. The van der Waals surface area contributed by atoms with Gasteiger partial charge in [-0.1, -0.05) is 46.9 Å². The minimum Gasteiger partial charge on any atom is -0.469 e. The lowest BCUT2D eigenvalue weighted by molar-refractivity contribution is 0.317. The van der Waals surface area contributed by atoms with Crippen LogP contribution >= 0.6 is 34.8 Å². The molecule has 2 rings (SSSR count). The fraction of sp³-hybridized carbons (Fsp3) is 0.111. The molecule has 0 amide bonds. The van der Waals surface area contributed by atoms with Gasteiger partial charge in [0.15, 0.2) is 0 Å². The predicted molar refractivity (Wildman–Crippen MR) is 55.3 cm³/mol. The van der Waals surface area contributed by atoms with E-state index in [0.717, 1.165) is 5.56 Å². The second-order valence-electron chi connectivity index (χ2n) is 2.59. The minimum atomic E-state index is -0.677. The molecule has 1 unspecified atom stereocenters. The highest BCUT2D eigenvalue weighted by Gasteiger charge is 2.24. The van der Waals surface area contributed by atoms with Gasteiger partial charge in [0.25, 0.3) is 0 Å². The first-order valence-electron chi connectivity index (χ1n) is 3.65. The Morgan fingerprint density at radius 1 is 1.15 bits per heavy atom. The lowest BCUT2D eigenvalue weighted by Gasteiger charge is -2.21. The lowest BCUT2D eigenvalue weighted by Crippen LogP contribution is -2.14. The summed E-state index contributed by atoms with van der Waals surface area (Å²) in [7, 11) is 0. The number of alkyl halides is 1. The van der Waals surface area contributed by atoms with Crippen molar-refractivity contribution in [2.75, 3.05) is 0 Å². The molecule has 0 fully saturated rings. The third-order valence-corrected chi connectivity index (χ3v) is 3.07. The van der Waals surface area contributed by atoms with Gasteiger partial charge in [0, 0.05) is 5.56 Å². The predicted octanol–water partition coefficient (Wildman–Crippen LogP) is 3.79. The van der Waals surface area contributed by atoms with E-state index in [2.05, 4.69) is 0 Å². The smallest absolute Gasteiger partial charge is 0.209 e. The molecule has 0 saturated heterocycles. The van der Waals surface area contributed by atoms with Gasteiger partial charge in [0.05, 0.1) is 10.1 Å². The van der Waals surface area contributed by atoms with Crippen LogP contribution in [0.3, 0.4) is 0 Å². The number of ether oxygens (including phenoxy) is 1. The Morgan fingerprint density at radius 2 is 1.85 bits per heavy atom. The second-order valence-corrected chi connectivity index (χ2v) is 3.77. The van der Waals surface area contributed by atoms with Gasteiger partial charge in [-0.25, -0.2) is 0 Å². The van der Waals surface area contributed by atoms with Crippen molar-refractivity contribution >= 4 is 39.8 Å². The van der Waals surface area contributed by atoms with Crippen molar-refractivity contribution in [2.24, 2.45) is 0 Å². The van der Waals surface area contributed by atoms with Gasteiger partial charge in [-0.2, -0.15) is 0 Å². The van der Waals surface area contributed by atoms with Gasteiger partial charge in [-0.3, -0.25) is 0 Å². The van der Waals surface area contributed by atoms with Crippen molar-refractivity contribution in [3.8, 4) is 5.75 Å². The minimum absolute atomic E-state index is 0.335. The van der Waals surface area contributed by atoms with Crippen LogP contribution in [0.1, 0.15) is 5.56 Å². The summed E-state index contributed by atoms with van der Waals surface area (Å²) >= 11 is 17.6. The molecule has 0 saturated carbocycles. The van der Waals surface area contributed by atoms with Crippen LogP contribution in [0.15, 0.2) is 29.3 Å². The van der Waals surface area contributed by atoms with Gasteiger partial charge in [0.2, 0.25) is 5.56 Å². The van der Waals surface area contributed by atoms with E-state index in [1.54, 1.807) is 6.07 Å². The van der Waals surface area contributed by atoms with Crippen molar-refractivity contribution in [1.29, 1.82) is 0 Å². The summed E-state index contributed by atoms with van der Waals surface area (Å²) in [5.41, 5.74) is 0.107. The first-order chi connectivity index (χ1) is 6.20. The molecular weight excluding hydrogens is 230 g/mol. The molecule has 68 valence electrons. The molecule has 1 nitrogen and oxygen atoms in total. The SMILES string of the molecule is ClC1=C(Cl)C(Cl)Oc2ccccc21. The maximum absolute atomic E-state index is 5.98. The van der Waals surface area contributed by atoms with Crippen LogP contribution in [0.25, 0.3) is 5.03 Å². The van der Waals surface area contributed by atoms with Gasteiger partial charge in [-0.15, -0.1) is 0 Å². The molecule has 1 atom stereocenters. The quantitative estimate of drug-likeness (QED) is 0.622. The summed E-state index contributed by atoms with van der Waals surface area (Å²) in [5, 5.41) is 0.797. The van der Waals surface area contributed by atoms with E-state index in [4.69, 9.17) is 39.5 Å². The van der Waals surface area contributed by atoms with Crippen LogP contribution in [0.5, 0.6) is 5.75 Å². The molecule has 1 aromatic rings. The van der Waals surface area contributed by atoms with Crippen LogP contribution < -0.4 is 4.74 Å². The van der Waals surface area contributed by atoms with E-state index in [1.807, 2.05) is 18.2 Å². The molecule has 0 N–H and O–H groups in total. The molecule has 0 radical (unpaired) electrons. The Balaban J connectivity index is 2.59. The highest BCUT2D eigenvalue weighted by atomic mass is 35.5. The largest absolute Gasteiger partial charge is 0.469 e. The third kappa shape index (κ3) is 1.52. The average molecular weight is 235 g/mol. The van der Waals surface area contributed by atoms with E-state index in [-0.39, 0.29) is 0 Å². The van der Waals surface area contributed by atoms with E-state index < -0.39 is 5.56 Å². The molecule has 13 heavy (non-hydrogen) atoms. The van der Waals surface area contributed by atoms with Crippen LogP contribution in [0.2, 0.25) is 0 Å². The van der Waals surface area contributed by atoms with Crippen LogP contribution in [-0.4, -0.2) is 5.56 Å². The average Bonchev–Trinajstić information content (AvgIpc) is 2.15. The monoisotopic (exact) mass is 234 g/mol. The number of benzene rings is 1. The molecule has 0 aliphatic carbocycles. The number of halogens is 3. The van der Waals surface area contributed by atoms with Crippen molar-refractivity contribution in [1.82, 2.24) is 0 Å². The summed E-state index contributed by atoms with van der Waals surface area (Å²) < 4.78 is 5.31. The second kappa shape index (κ2) is 3.41. The molecule has 0 spiro atoms. The number of para-hydroxylation sites is 1. The van der Waals surface area contributed by atoms with E-state index in [0.29, 0.717) is 15.8 Å². The zero-order valence-electron chi connectivity index (χ0n) is 6.43. The highest BCUT2D eigenvalue weighted by molar-refractivity contribution is 6.56. The van der Waals surface area contributed by atoms with Crippen LogP contribution in [-0.2, 0) is 0 Å². The normalized spacial score (nSPS) is 21.0. The van der Waals surface area contributed by atoms with Crippen LogP contribution in [0.4, 0.5) is 0 Å². The standard InChI is InChI=1S/C9H5Cl3O/c10-7-5-3-1-2-4-6(5)13-9(12)8(7)11/h1-4,9H. The van der Waals surface area contributed by atoms with E-state index in [9.17, 15) is 0 Å². The fourth-order valence-electron chi connectivity index (χ4n) is 1.14. The lowest BCUT2D eigenvalue weighted by atomic mass is 10.1. The summed E-state index contributed by atoms with van der Waals surface area (Å²) in [5.74, 6) is 0.664. The topological polar surface area (TPSA) is 9.23 Å². The Bertz CT molecular complexity index is 373. The molecule has 1 aromatic carbocycles. The van der Waals surface area contributed by atoms with E-state index >= 15 is 0 Å². The summed E-state index contributed by atoms with van der Waals surface area (Å²) in [6.07, 6.45) is 0. The zero-order valence-corrected chi connectivity index (χ0v) is 8.70. The van der Waals surface area contributed by atoms with Crippen LogP contribution in [0, 0.1) is 0 Å². The van der Waals surface area contributed by atoms with Crippen molar-refractivity contribution in [3.63, 3.8) is 0 Å². The molecular formula is C9H5Cl3O. The number of rotatable bonds is 0. The van der Waals surface area contributed by atoms with Gasteiger partial charge in [-0.05, 0) is 12.1 Å². The maximum atomic E-state index is 5.98. The number of hydrogen-bond acceptors (Lipinski definition) is 1. The first-order valence-corrected chi connectivity index (χ1v) is 4.84. The Hall–Kier alpha value is -0.370. The number of hydrogen-bond donors (Lipinski definition) is 0. The molecule has 1 aliphatic rings. The van der Waals surface area contributed by atoms with Crippen molar-refractivity contribution in [3.05, 3.63) is 34.9 Å². The van der Waals surface area contributed by atoms with Crippen molar-refractivity contribution in [2.45, 2.75) is 5.56 Å². The van der Waals surface area contributed by atoms with E-state index in [1.165, 1.54) is 0 Å². The fourth-order valence-corrected chi connectivity index (χ4v) is 1.80. The number of fused-ring (bicyclic) bond motifs is 1. The van der Waals surface area contributed by atoms with Gasteiger partial charge < -0.3 is 4.74 Å². The third-order valence-electron chi connectivity index (χ3n) is 1.76. The molecule has 1 aliphatic heterocycles. The molecule has 0 bridgehead atoms. The summed E-state index contributed by atoms with van der Waals surface area (Å²) in [4.78, 5) is 0.